The van der Waals surface area contributed by atoms with Crippen molar-refractivity contribution in [3.05, 3.63) is 58.1 Å². The van der Waals surface area contributed by atoms with E-state index in [0.29, 0.717) is 23.8 Å². The molecule has 2 atom stereocenters. The lowest BCUT2D eigenvalue weighted by Crippen LogP contribution is -2.29. The number of nitrogens with zero attached hydrogens (tertiary/aromatic N) is 2. The Kier molecular flexibility index (Phi) is 4.32. The Labute approximate surface area is 159 Å². The van der Waals surface area contributed by atoms with Crippen LogP contribution in [0.2, 0.25) is 0 Å². The number of oxime groups is 1. The van der Waals surface area contributed by atoms with Crippen molar-refractivity contribution in [1.29, 1.82) is 0 Å². The lowest BCUT2D eigenvalue weighted by atomic mass is 9.83. The molecule has 2 aliphatic heterocycles. The number of fused-ring (bicyclic) bond motifs is 1. The lowest BCUT2D eigenvalue weighted by Gasteiger charge is -2.19. The first-order valence-corrected chi connectivity index (χ1v) is 9.01. The average molecular weight is 417 g/mol. The molecular weight excluding hydrogens is 400 g/mol. The summed E-state index contributed by atoms with van der Waals surface area (Å²) in [6.07, 6.45) is 0. The standard InChI is InChI=1S/C19H17BrN2O4/c1-22-9-13(12-7-14(20)18-15(8-12)25-10-26-18)16(19(22)23)17(21-24)11-5-3-2-4-6-11/h2-8,13,16,24H,9-10H2,1H3/b21-17+/t13-,16+/m0/s1. The highest BCUT2D eigenvalue weighted by Crippen LogP contribution is 2.44. The number of carbonyl (C=O) groups excluding carboxylic acids is 1. The molecule has 2 aromatic rings. The Morgan fingerprint density at radius 3 is 2.77 bits per heavy atom. The predicted molar refractivity (Wildman–Crippen MR) is 98.9 cm³/mol. The summed E-state index contributed by atoms with van der Waals surface area (Å²) in [5.41, 5.74) is 2.04. The van der Waals surface area contributed by atoms with Gasteiger partial charge in [-0.3, -0.25) is 4.79 Å². The Morgan fingerprint density at radius 1 is 1.27 bits per heavy atom. The average Bonchev–Trinajstić information content (AvgIpc) is 3.23. The van der Waals surface area contributed by atoms with Gasteiger partial charge in [-0.2, -0.15) is 0 Å². The molecule has 2 aromatic carbocycles. The fourth-order valence-corrected chi connectivity index (χ4v) is 4.19. The van der Waals surface area contributed by atoms with Gasteiger partial charge in [-0.15, -0.1) is 0 Å². The van der Waals surface area contributed by atoms with Gasteiger partial charge >= 0.3 is 0 Å². The number of hydrogen-bond acceptors (Lipinski definition) is 5. The highest BCUT2D eigenvalue weighted by Gasteiger charge is 2.44. The molecule has 26 heavy (non-hydrogen) atoms. The summed E-state index contributed by atoms with van der Waals surface area (Å²) >= 11 is 3.51. The van der Waals surface area contributed by atoms with Crippen molar-refractivity contribution < 1.29 is 19.5 Å². The molecule has 1 fully saturated rings. The van der Waals surface area contributed by atoms with Crippen LogP contribution in [-0.2, 0) is 4.79 Å². The molecule has 1 amide bonds. The maximum atomic E-state index is 12.8. The van der Waals surface area contributed by atoms with Gasteiger partial charge in [-0.25, -0.2) is 0 Å². The van der Waals surface area contributed by atoms with Crippen LogP contribution in [0.3, 0.4) is 0 Å². The Morgan fingerprint density at radius 2 is 2.04 bits per heavy atom. The summed E-state index contributed by atoms with van der Waals surface area (Å²) in [5, 5.41) is 13.2. The van der Waals surface area contributed by atoms with Gasteiger partial charge in [0.05, 0.1) is 16.1 Å². The van der Waals surface area contributed by atoms with Crippen molar-refractivity contribution in [1.82, 2.24) is 4.90 Å². The third-order valence-electron chi connectivity index (χ3n) is 4.86. The van der Waals surface area contributed by atoms with Crippen LogP contribution in [0.5, 0.6) is 11.5 Å². The van der Waals surface area contributed by atoms with Gasteiger partial charge in [0.15, 0.2) is 11.5 Å². The van der Waals surface area contributed by atoms with Crippen LogP contribution in [0.15, 0.2) is 52.1 Å². The maximum Gasteiger partial charge on any atom is 0.232 e. The van der Waals surface area contributed by atoms with Crippen LogP contribution in [0.4, 0.5) is 0 Å². The highest BCUT2D eigenvalue weighted by atomic mass is 79.9. The minimum atomic E-state index is -0.570. The van der Waals surface area contributed by atoms with Crippen molar-refractivity contribution in [2.75, 3.05) is 20.4 Å². The van der Waals surface area contributed by atoms with Gasteiger partial charge in [0.2, 0.25) is 12.7 Å². The van der Waals surface area contributed by atoms with E-state index in [1.54, 1.807) is 11.9 Å². The molecule has 0 unspecified atom stereocenters. The largest absolute Gasteiger partial charge is 0.454 e. The van der Waals surface area contributed by atoms with Crippen molar-refractivity contribution in [3.63, 3.8) is 0 Å². The van der Waals surface area contributed by atoms with E-state index in [4.69, 9.17) is 9.47 Å². The molecule has 0 saturated carbocycles. The van der Waals surface area contributed by atoms with E-state index in [-0.39, 0.29) is 18.6 Å². The predicted octanol–water partition coefficient (Wildman–Crippen LogP) is 3.23. The lowest BCUT2D eigenvalue weighted by molar-refractivity contribution is -0.128. The first kappa shape index (κ1) is 16.9. The SMILES string of the molecule is CN1C[C@@H](c2cc(Br)c3c(c2)OCO3)[C@H](/C(=N/O)c2ccccc2)C1=O. The van der Waals surface area contributed by atoms with Crippen molar-refractivity contribution in [2.24, 2.45) is 11.1 Å². The second-order valence-electron chi connectivity index (χ2n) is 6.39. The van der Waals surface area contributed by atoms with Gasteiger partial charge in [0.1, 0.15) is 0 Å². The van der Waals surface area contributed by atoms with E-state index in [0.717, 1.165) is 15.6 Å². The number of rotatable bonds is 3. The van der Waals surface area contributed by atoms with Gasteiger partial charge in [0, 0.05) is 25.1 Å². The minimum absolute atomic E-state index is 0.0690. The van der Waals surface area contributed by atoms with Crippen LogP contribution in [0.25, 0.3) is 0 Å². The van der Waals surface area contributed by atoms with Crippen LogP contribution in [0, 0.1) is 5.92 Å². The number of carbonyl (C=O) groups is 1. The third-order valence-corrected chi connectivity index (χ3v) is 5.45. The molecular formula is C19H17BrN2O4. The van der Waals surface area contributed by atoms with E-state index < -0.39 is 5.92 Å². The van der Waals surface area contributed by atoms with Crippen molar-refractivity contribution in [3.8, 4) is 11.5 Å². The topological polar surface area (TPSA) is 71.4 Å². The zero-order valence-corrected chi connectivity index (χ0v) is 15.6. The molecule has 1 N–H and O–H groups in total. The molecule has 4 rings (SSSR count). The minimum Gasteiger partial charge on any atom is -0.454 e. The molecule has 6 nitrogen and oxygen atoms in total. The molecule has 1 saturated heterocycles. The summed E-state index contributed by atoms with van der Waals surface area (Å²) in [6, 6.07) is 13.1. The number of halogens is 1. The summed E-state index contributed by atoms with van der Waals surface area (Å²) in [4.78, 5) is 14.5. The second kappa shape index (κ2) is 6.64. The molecule has 7 heteroatoms. The molecule has 0 aromatic heterocycles. The van der Waals surface area contributed by atoms with E-state index in [2.05, 4.69) is 21.1 Å². The third kappa shape index (κ3) is 2.72. The molecule has 0 aliphatic carbocycles. The molecule has 2 aliphatic rings. The van der Waals surface area contributed by atoms with Crippen molar-refractivity contribution in [2.45, 2.75) is 5.92 Å². The summed E-state index contributed by atoms with van der Waals surface area (Å²) in [5.74, 6) is 0.518. The Hall–Kier alpha value is -2.54. The first-order valence-electron chi connectivity index (χ1n) is 8.21. The molecule has 2 heterocycles. The summed E-state index contributed by atoms with van der Waals surface area (Å²) in [7, 11) is 1.76. The zero-order valence-electron chi connectivity index (χ0n) is 14.1. The van der Waals surface area contributed by atoms with Gasteiger partial charge < -0.3 is 19.6 Å². The number of hydrogen-bond donors (Lipinski definition) is 1. The van der Waals surface area contributed by atoms with E-state index in [9.17, 15) is 10.0 Å². The van der Waals surface area contributed by atoms with Crippen LogP contribution >= 0.6 is 15.9 Å². The molecule has 0 spiro atoms. The van der Waals surface area contributed by atoms with Gasteiger partial charge in [0.25, 0.3) is 0 Å². The maximum absolute atomic E-state index is 12.8. The van der Waals surface area contributed by atoms with E-state index in [1.165, 1.54) is 0 Å². The Bertz CT molecular complexity index is 885. The van der Waals surface area contributed by atoms with Gasteiger partial charge in [-0.05, 0) is 33.6 Å². The first-order chi connectivity index (χ1) is 12.6. The highest BCUT2D eigenvalue weighted by molar-refractivity contribution is 9.10. The number of likely N-dealkylation sites (tertiary alicyclic amines) is 1. The number of ether oxygens (including phenoxy) is 2. The molecule has 0 bridgehead atoms. The Balaban J connectivity index is 1.78. The van der Waals surface area contributed by atoms with Crippen LogP contribution in [-0.4, -0.2) is 42.1 Å². The summed E-state index contributed by atoms with van der Waals surface area (Å²) < 4.78 is 11.7. The second-order valence-corrected chi connectivity index (χ2v) is 7.25. The molecule has 134 valence electrons. The number of benzene rings is 2. The monoisotopic (exact) mass is 416 g/mol. The smallest absolute Gasteiger partial charge is 0.232 e. The van der Waals surface area contributed by atoms with Crippen LogP contribution < -0.4 is 9.47 Å². The summed E-state index contributed by atoms with van der Waals surface area (Å²) in [6.45, 7) is 0.707. The van der Waals surface area contributed by atoms with E-state index in [1.807, 2.05) is 42.5 Å². The van der Waals surface area contributed by atoms with Gasteiger partial charge in [-0.1, -0.05) is 35.5 Å². The van der Waals surface area contributed by atoms with E-state index >= 15 is 0 Å². The quantitative estimate of drug-likeness (QED) is 0.473. The number of amides is 1. The molecule has 0 radical (unpaired) electrons. The zero-order chi connectivity index (χ0) is 18.3. The number of likely N-dealkylation sites (N-methyl/N-ethyl adjacent to an activating group) is 1. The van der Waals surface area contributed by atoms with Crippen molar-refractivity contribution >= 4 is 27.5 Å². The normalized spacial score (nSPS) is 22.2. The fraction of sp³-hybridized carbons (Fsp3) is 0.263. The fourth-order valence-electron chi connectivity index (χ4n) is 3.62. The van der Waals surface area contributed by atoms with Crippen LogP contribution in [0.1, 0.15) is 17.0 Å².